The molecule has 138 valence electrons. The highest BCUT2D eigenvalue weighted by molar-refractivity contribution is 5.93. The summed E-state index contributed by atoms with van der Waals surface area (Å²) < 4.78 is 12.6. The molecule has 0 radical (unpaired) electrons. The fourth-order valence-electron chi connectivity index (χ4n) is 3.19. The Morgan fingerprint density at radius 3 is 2.88 bits per heavy atom. The molecule has 1 amide bonds. The van der Waals surface area contributed by atoms with E-state index in [0.717, 1.165) is 30.8 Å². The monoisotopic (exact) mass is 348 g/mol. The number of anilines is 1. The predicted molar refractivity (Wildman–Crippen MR) is 95.6 cm³/mol. The van der Waals surface area contributed by atoms with Crippen molar-refractivity contribution in [3.05, 3.63) is 16.8 Å². The fraction of sp³-hybridized carbons (Fsp3) is 0.667. The van der Waals surface area contributed by atoms with Gasteiger partial charge in [0, 0.05) is 39.0 Å². The number of methoxy groups -OCH3 is 1. The first-order valence-electron chi connectivity index (χ1n) is 8.70. The average Bonchev–Trinajstić information content (AvgIpc) is 2.79. The summed E-state index contributed by atoms with van der Waals surface area (Å²) in [5, 5.41) is 12.5. The van der Waals surface area contributed by atoms with Crippen LogP contribution in [-0.2, 0) is 20.8 Å². The molecule has 25 heavy (non-hydrogen) atoms. The van der Waals surface area contributed by atoms with Crippen LogP contribution in [0.4, 0.5) is 5.82 Å². The van der Waals surface area contributed by atoms with Crippen molar-refractivity contribution >= 4 is 11.7 Å². The summed E-state index contributed by atoms with van der Waals surface area (Å²) in [4.78, 5) is 14.6. The largest absolute Gasteiger partial charge is 0.385 e. The van der Waals surface area contributed by atoms with E-state index in [9.17, 15) is 10.1 Å². The van der Waals surface area contributed by atoms with Crippen LogP contribution in [0.25, 0.3) is 0 Å². The maximum atomic E-state index is 12.5. The van der Waals surface area contributed by atoms with Gasteiger partial charge in [-0.15, -0.1) is 0 Å². The highest BCUT2D eigenvalue weighted by Gasteiger charge is 2.22. The molecule has 1 aliphatic rings. The summed E-state index contributed by atoms with van der Waals surface area (Å²) in [7, 11) is 1.67. The zero-order valence-electron chi connectivity index (χ0n) is 15.6. The van der Waals surface area contributed by atoms with Crippen LogP contribution in [0.15, 0.2) is 0 Å². The Morgan fingerprint density at radius 1 is 1.48 bits per heavy atom. The van der Waals surface area contributed by atoms with E-state index in [2.05, 4.69) is 16.3 Å². The molecule has 2 heterocycles. The Balaban J connectivity index is 2.12. The lowest BCUT2D eigenvalue weighted by Gasteiger charge is -2.30. The molecular weight excluding hydrogens is 320 g/mol. The number of hydrogen-bond acceptors (Lipinski definition) is 5. The Kier molecular flexibility index (Phi) is 7.00. The van der Waals surface area contributed by atoms with Gasteiger partial charge in [0.25, 0.3) is 0 Å². The highest BCUT2D eigenvalue weighted by Crippen LogP contribution is 2.26. The summed E-state index contributed by atoms with van der Waals surface area (Å²) in [5.41, 5.74) is 2.46. The van der Waals surface area contributed by atoms with Crippen molar-refractivity contribution in [2.24, 2.45) is 0 Å². The van der Waals surface area contributed by atoms with Gasteiger partial charge in [-0.3, -0.25) is 9.69 Å². The second-order valence-corrected chi connectivity index (χ2v) is 6.51. The summed E-state index contributed by atoms with van der Waals surface area (Å²) in [6.07, 6.45) is 0.957. The van der Waals surface area contributed by atoms with Crippen molar-refractivity contribution in [1.29, 1.82) is 5.26 Å². The lowest BCUT2D eigenvalue weighted by Crippen LogP contribution is -2.44. The maximum Gasteiger partial charge on any atom is 0.239 e. The van der Waals surface area contributed by atoms with E-state index in [4.69, 9.17) is 9.47 Å². The number of nitrogens with one attached hydrogen (secondary N) is 1. The van der Waals surface area contributed by atoms with Crippen LogP contribution in [0.1, 0.15) is 30.2 Å². The van der Waals surface area contributed by atoms with Crippen LogP contribution in [0.2, 0.25) is 0 Å². The van der Waals surface area contributed by atoms with Crippen LogP contribution in [-0.4, -0.2) is 61.4 Å². The fourth-order valence-corrected chi connectivity index (χ4v) is 3.19. The third kappa shape index (κ3) is 4.82. The Morgan fingerprint density at radius 2 is 2.24 bits per heavy atom. The minimum atomic E-state index is -0.101. The molecule has 7 heteroatoms. The van der Waals surface area contributed by atoms with Gasteiger partial charge in [0.1, 0.15) is 11.9 Å². The average molecular weight is 348 g/mol. The Hall–Kier alpha value is -1.88. The number of aromatic nitrogens is 1. The zero-order chi connectivity index (χ0) is 18.4. The Labute approximate surface area is 149 Å². The molecule has 1 aromatic rings. The van der Waals surface area contributed by atoms with Crippen LogP contribution in [0, 0.1) is 25.2 Å². The maximum absolute atomic E-state index is 12.5. The molecule has 0 unspecified atom stereocenters. The smallest absolute Gasteiger partial charge is 0.239 e. The molecule has 1 saturated heterocycles. The molecule has 1 atom stereocenters. The van der Waals surface area contributed by atoms with Crippen LogP contribution in [0.5, 0.6) is 0 Å². The van der Waals surface area contributed by atoms with Crippen molar-refractivity contribution in [3.63, 3.8) is 0 Å². The molecule has 7 nitrogen and oxygen atoms in total. The van der Waals surface area contributed by atoms with E-state index in [-0.39, 0.29) is 12.0 Å². The summed E-state index contributed by atoms with van der Waals surface area (Å²) >= 11 is 0. The second-order valence-electron chi connectivity index (χ2n) is 6.51. The number of nitrogens with zero attached hydrogens (tertiary/aromatic N) is 3. The third-order valence-electron chi connectivity index (χ3n) is 4.62. The number of amides is 1. The molecule has 0 saturated carbocycles. The standard InChI is InChI=1S/C18H28N4O3/c1-13-11-21(7-9-25-13)12-17(23)20-18-16(10-19)14(2)15(3)22(18)6-5-8-24-4/h13H,5-9,11-12H2,1-4H3,(H,20,23)/t13-/m1/s1. The molecule has 0 spiro atoms. The molecular formula is C18H28N4O3. The van der Waals surface area contributed by atoms with E-state index in [1.165, 1.54) is 0 Å². The van der Waals surface area contributed by atoms with Crippen molar-refractivity contribution in [3.8, 4) is 6.07 Å². The summed E-state index contributed by atoms with van der Waals surface area (Å²) in [5.74, 6) is 0.496. The molecule has 1 N–H and O–H groups in total. The van der Waals surface area contributed by atoms with Gasteiger partial charge in [0.05, 0.1) is 24.8 Å². The molecule has 0 aliphatic carbocycles. The lowest BCUT2D eigenvalue weighted by molar-refractivity contribution is -0.119. The number of ether oxygens (including phenoxy) is 2. The van der Waals surface area contributed by atoms with Crippen molar-refractivity contribution in [2.45, 2.75) is 39.8 Å². The number of morpholine rings is 1. The number of carbonyl (C=O) groups is 1. The van der Waals surface area contributed by atoms with Gasteiger partial charge in [0.2, 0.25) is 5.91 Å². The highest BCUT2D eigenvalue weighted by atomic mass is 16.5. The third-order valence-corrected chi connectivity index (χ3v) is 4.62. The van der Waals surface area contributed by atoms with Gasteiger partial charge in [-0.25, -0.2) is 0 Å². The zero-order valence-corrected chi connectivity index (χ0v) is 15.6. The number of rotatable bonds is 7. The van der Waals surface area contributed by atoms with Gasteiger partial charge < -0.3 is 19.4 Å². The predicted octanol–water partition coefficient (Wildman–Crippen LogP) is 1.67. The number of hydrogen-bond donors (Lipinski definition) is 1. The van der Waals surface area contributed by atoms with Gasteiger partial charge in [-0.1, -0.05) is 0 Å². The molecule has 1 aliphatic heterocycles. The van der Waals surface area contributed by atoms with E-state index in [1.54, 1.807) is 7.11 Å². The quantitative estimate of drug-likeness (QED) is 0.758. The SMILES string of the molecule is COCCCn1c(C)c(C)c(C#N)c1NC(=O)CN1CCO[C@H](C)C1. The molecule has 0 aromatic carbocycles. The van der Waals surface area contributed by atoms with E-state index in [1.807, 2.05) is 25.3 Å². The first-order valence-corrected chi connectivity index (χ1v) is 8.70. The van der Waals surface area contributed by atoms with Crippen molar-refractivity contribution in [2.75, 3.05) is 45.3 Å². The Bertz CT molecular complexity index is 648. The van der Waals surface area contributed by atoms with E-state index >= 15 is 0 Å². The first kappa shape index (κ1) is 19.4. The minimum absolute atomic E-state index is 0.101. The molecule has 2 rings (SSSR count). The van der Waals surface area contributed by atoms with Crippen LogP contribution in [0.3, 0.4) is 0 Å². The van der Waals surface area contributed by atoms with Crippen molar-refractivity contribution in [1.82, 2.24) is 9.47 Å². The van der Waals surface area contributed by atoms with Crippen molar-refractivity contribution < 1.29 is 14.3 Å². The number of carbonyl (C=O) groups excluding carboxylic acids is 1. The van der Waals surface area contributed by atoms with Gasteiger partial charge in [-0.2, -0.15) is 5.26 Å². The molecule has 0 bridgehead atoms. The first-order chi connectivity index (χ1) is 12.0. The van der Waals surface area contributed by atoms with Gasteiger partial charge in [-0.05, 0) is 32.8 Å². The van der Waals surface area contributed by atoms with Gasteiger partial charge >= 0.3 is 0 Å². The van der Waals surface area contributed by atoms with E-state index in [0.29, 0.717) is 37.7 Å². The topological polar surface area (TPSA) is 79.5 Å². The summed E-state index contributed by atoms with van der Waals surface area (Å²) in [6.45, 7) is 9.67. The molecule has 1 fully saturated rings. The lowest BCUT2D eigenvalue weighted by atomic mass is 10.2. The normalized spacial score (nSPS) is 18.1. The van der Waals surface area contributed by atoms with Crippen LogP contribution < -0.4 is 5.32 Å². The van der Waals surface area contributed by atoms with Gasteiger partial charge in [0.15, 0.2) is 0 Å². The van der Waals surface area contributed by atoms with Crippen LogP contribution >= 0.6 is 0 Å². The minimum Gasteiger partial charge on any atom is -0.385 e. The van der Waals surface area contributed by atoms with E-state index < -0.39 is 0 Å². The number of nitriles is 1. The second kappa shape index (κ2) is 8.99. The summed E-state index contributed by atoms with van der Waals surface area (Å²) in [6, 6.07) is 2.23. The molecule has 1 aromatic heterocycles.